The molecule has 0 aliphatic rings. The lowest BCUT2D eigenvalue weighted by Crippen LogP contribution is -1.92. The Morgan fingerprint density at radius 3 is 2.76 bits per heavy atom. The zero-order valence-electron chi connectivity index (χ0n) is 9.41. The van der Waals surface area contributed by atoms with Gasteiger partial charge in [-0.25, -0.2) is 0 Å². The first-order chi connectivity index (χ1) is 8.13. The van der Waals surface area contributed by atoms with Gasteiger partial charge in [0.15, 0.2) is 0 Å². The van der Waals surface area contributed by atoms with Crippen molar-refractivity contribution in [3.8, 4) is 5.75 Å². The Morgan fingerprint density at radius 1 is 1.53 bits per heavy atom. The molecule has 17 heavy (non-hydrogen) atoms. The van der Waals surface area contributed by atoms with Crippen molar-refractivity contribution in [1.82, 2.24) is 0 Å². The molecular weight excluding hydrogens is 302 g/mol. The molecule has 0 atom stereocenters. The highest BCUT2D eigenvalue weighted by molar-refractivity contribution is 9.10. The molecule has 2 nitrogen and oxygen atoms in total. The van der Waals surface area contributed by atoms with Crippen LogP contribution in [0.1, 0.15) is 5.56 Å². The van der Waals surface area contributed by atoms with Crippen molar-refractivity contribution in [1.29, 1.82) is 0 Å². The van der Waals surface area contributed by atoms with E-state index in [9.17, 15) is 0 Å². The number of benzene rings is 1. The van der Waals surface area contributed by atoms with E-state index in [-0.39, 0.29) is 0 Å². The van der Waals surface area contributed by atoms with Gasteiger partial charge in [0.25, 0.3) is 0 Å². The van der Waals surface area contributed by atoms with Gasteiger partial charge in [-0.1, -0.05) is 40.2 Å². The Bertz CT molecular complexity index is 480. The summed E-state index contributed by atoms with van der Waals surface area (Å²) in [4.78, 5) is 0. The standard InChI is InChI=1S/C13H13BrClNO/c1-3-12(15)10(6-7-16)11-8-9(14)4-5-13(11)17-2/h3-8H,1,16H2,2H3/b7-6-,12-10-. The van der Waals surface area contributed by atoms with Gasteiger partial charge in [0.05, 0.1) is 7.11 Å². The summed E-state index contributed by atoms with van der Waals surface area (Å²) in [6, 6.07) is 5.67. The molecule has 0 aliphatic carbocycles. The third kappa shape index (κ3) is 3.38. The highest BCUT2D eigenvalue weighted by Gasteiger charge is 2.09. The van der Waals surface area contributed by atoms with Crippen LogP contribution < -0.4 is 10.5 Å². The van der Waals surface area contributed by atoms with E-state index in [0.29, 0.717) is 5.03 Å². The molecule has 0 aromatic heterocycles. The van der Waals surface area contributed by atoms with Crippen molar-refractivity contribution in [3.05, 3.63) is 58.2 Å². The molecule has 0 bridgehead atoms. The van der Waals surface area contributed by atoms with Gasteiger partial charge in [0, 0.05) is 20.6 Å². The van der Waals surface area contributed by atoms with Crippen molar-refractivity contribution in [2.75, 3.05) is 7.11 Å². The third-order valence-electron chi connectivity index (χ3n) is 2.15. The number of hydrogen-bond donors (Lipinski definition) is 1. The van der Waals surface area contributed by atoms with Crippen LogP contribution in [0.5, 0.6) is 5.75 Å². The van der Waals surface area contributed by atoms with Gasteiger partial charge < -0.3 is 10.5 Å². The SMILES string of the molecule is C=C/C(Cl)=C(\C=C/N)c1cc(Br)ccc1OC. The maximum Gasteiger partial charge on any atom is 0.126 e. The largest absolute Gasteiger partial charge is 0.496 e. The Kier molecular flexibility index (Phi) is 5.32. The molecule has 0 saturated heterocycles. The van der Waals surface area contributed by atoms with E-state index in [4.69, 9.17) is 22.1 Å². The fourth-order valence-corrected chi connectivity index (χ4v) is 1.92. The van der Waals surface area contributed by atoms with Crippen molar-refractivity contribution in [2.45, 2.75) is 0 Å². The summed E-state index contributed by atoms with van der Waals surface area (Å²) in [7, 11) is 1.61. The van der Waals surface area contributed by atoms with Crippen LogP contribution in [0, 0.1) is 0 Å². The van der Waals surface area contributed by atoms with Gasteiger partial charge in [0.2, 0.25) is 0 Å². The van der Waals surface area contributed by atoms with Crippen LogP contribution >= 0.6 is 27.5 Å². The molecule has 1 aromatic rings. The number of halogens is 2. The lowest BCUT2D eigenvalue weighted by molar-refractivity contribution is 0.413. The predicted octanol–water partition coefficient (Wildman–Crippen LogP) is 4.07. The summed E-state index contributed by atoms with van der Waals surface area (Å²) in [6.45, 7) is 3.65. The lowest BCUT2D eigenvalue weighted by Gasteiger charge is -2.11. The zero-order valence-corrected chi connectivity index (χ0v) is 11.8. The van der Waals surface area contributed by atoms with Crippen LogP contribution in [0.3, 0.4) is 0 Å². The molecule has 0 aliphatic heterocycles. The average molecular weight is 315 g/mol. The summed E-state index contributed by atoms with van der Waals surface area (Å²) in [5.41, 5.74) is 7.05. The number of hydrogen-bond acceptors (Lipinski definition) is 2. The molecule has 0 unspecified atom stereocenters. The quantitative estimate of drug-likeness (QED) is 0.850. The first kappa shape index (κ1) is 13.9. The second kappa shape index (κ2) is 6.52. The summed E-state index contributed by atoms with van der Waals surface area (Å²) in [5, 5.41) is 0.517. The van der Waals surface area contributed by atoms with E-state index >= 15 is 0 Å². The molecular formula is C13H13BrClNO. The minimum atomic E-state index is 0.517. The molecule has 0 fully saturated rings. The highest BCUT2D eigenvalue weighted by Crippen LogP contribution is 2.33. The Morgan fingerprint density at radius 2 is 2.24 bits per heavy atom. The minimum Gasteiger partial charge on any atom is -0.496 e. The second-order valence-electron chi connectivity index (χ2n) is 3.17. The highest BCUT2D eigenvalue weighted by atomic mass is 79.9. The molecule has 0 spiro atoms. The smallest absolute Gasteiger partial charge is 0.126 e. The molecule has 0 heterocycles. The molecule has 4 heteroatoms. The molecule has 1 rings (SSSR count). The van der Waals surface area contributed by atoms with Crippen LogP contribution in [0.25, 0.3) is 5.57 Å². The van der Waals surface area contributed by atoms with E-state index in [1.165, 1.54) is 6.20 Å². The van der Waals surface area contributed by atoms with E-state index in [1.807, 2.05) is 18.2 Å². The molecule has 1 aromatic carbocycles. The fraction of sp³-hybridized carbons (Fsp3) is 0.0769. The van der Waals surface area contributed by atoms with Gasteiger partial charge in [0.1, 0.15) is 5.75 Å². The zero-order chi connectivity index (χ0) is 12.8. The molecule has 0 radical (unpaired) electrons. The van der Waals surface area contributed by atoms with Gasteiger partial charge in [-0.15, -0.1) is 0 Å². The van der Waals surface area contributed by atoms with E-state index in [1.54, 1.807) is 19.3 Å². The summed E-state index contributed by atoms with van der Waals surface area (Å²) in [6.07, 6.45) is 4.72. The second-order valence-corrected chi connectivity index (χ2v) is 4.49. The third-order valence-corrected chi connectivity index (χ3v) is 3.00. The van der Waals surface area contributed by atoms with Crippen LogP contribution in [0.4, 0.5) is 0 Å². The Labute approximate surface area is 115 Å². The normalized spacial score (nSPS) is 12.4. The number of methoxy groups -OCH3 is 1. The van der Waals surface area contributed by atoms with E-state index in [2.05, 4.69) is 22.5 Å². The summed E-state index contributed by atoms with van der Waals surface area (Å²) in [5.74, 6) is 0.723. The van der Waals surface area contributed by atoms with Gasteiger partial charge >= 0.3 is 0 Å². The Balaban J connectivity index is 3.47. The van der Waals surface area contributed by atoms with Crippen LogP contribution in [-0.4, -0.2) is 7.11 Å². The minimum absolute atomic E-state index is 0.517. The fourth-order valence-electron chi connectivity index (χ4n) is 1.39. The lowest BCUT2D eigenvalue weighted by atomic mass is 10.0. The van der Waals surface area contributed by atoms with Crippen molar-refractivity contribution in [2.24, 2.45) is 5.73 Å². The van der Waals surface area contributed by atoms with Gasteiger partial charge in [-0.2, -0.15) is 0 Å². The topological polar surface area (TPSA) is 35.2 Å². The number of nitrogens with two attached hydrogens (primary N) is 1. The van der Waals surface area contributed by atoms with Crippen molar-refractivity contribution < 1.29 is 4.74 Å². The van der Waals surface area contributed by atoms with E-state index < -0.39 is 0 Å². The van der Waals surface area contributed by atoms with Crippen LogP contribution in [0.15, 0.2) is 52.6 Å². The predicted molar refractivity (Wildman–Crippen MR) is 77.0 cm³/mol. The Hall–Kier alpha value is -1.19. The number of allylic oxidation sites excluding steroid dienone is 4. The average Bonchev–Trinajstić information content (AvgIpc) is 2.35. The van der Waals surface area contributed by atoms with Gasteiger partial charge in [-0.05, 0) is 30.5 Å². The van der Waals surface area contributed by atoms with Crippen molar-refractivity contribution in [3.63, 3.8) is 0 Å². The maximum atomic E-state index is 6.11. The molecule has 0 saturated carbocycles. The van der Waals surface area contributed by atoms with Gasteiger partial charge in [-0.3, -0.25) is 0 Å². The molecule has 2 N–H and O–H groups in total. The first-order valence-corrected chi connectivity index (χ1v) is 6.05. The summed E-state index contributed by atoms with van der Waals surface area (Å²) >= 11 is 9.52. The van der Waals surface area contributed by atoms with Crippen LogP contribution in [0.2, 0.25) is 0 Å². The maximum absolute atomic E-state index is 6.11. The van der Waals surface area contributed by atoms with Crippen molar-refractivity contribution >= 4 is 33.1 Å². The number of ether oxygens (including phenoxy) is 1. The molecule has 90 valence electrons. The molecule has 0 amide bonds. The van der Waals surface area contributed by atoms with E-state index in [0.717, 1.165) is 21.4 Å². The number of rotatable bonds is 4. The summed E-state index contributed by atoms with van der Waals surface area (Å²) < 4.78 is 6.23. The first-order valence-electron chi connectivity index (χ1n) is 4.88. The monoisotopic (exact) mass is 313 g/mol. The van der Waals surface area contributed by atoms with Crippen LogP contribution in [-0.2, 0) is 0 Å².